The molecule has 1 aromatic carbocycles. The van der Waals surface area contributed by atoms with Crippen LogP contribution in [-0.2, 0) is 9.47 Å². The summed E-state index contributed by atoms with van der Waals surface area (Å²) in [6.45, 7) is 2.10. The summed E-state index contributed by atoms with van der Waals surface area (Å²) in [5.74, 6) is 0.197. The molecule has 3 atom stereocenters. The van der Waals surface area contributed by atoms with Crippen LogP contribution in [0.15, 0.2) is 22.7 Å². The summed E-state index contributed by atoms with van der Waals surface area (Å²) >= 11 is 9.45. The van der Waals surface area contributed by atoms with E-state index in [0.717, 1.165) is 35.9 Å². The molecule has 0 aliphatic carbocycles. The zero-order valence-corrected chi connectivity index (χ0v) is 13.5. The van der Waals surface area contributed by atoms with Crippen LogP contribution in [0.4, 0.5) is 0 Å². The second-order valence-corrected chi connectivity index (χ2v) is 6.99. The second-order valence-electron chi connectivity index (χ2n) is 5.70. The van der Waals surface area contributed by atoms with Gasteiger partial charge in [-0.15, -0.1) is 0 Å². The molecular formula is C15H18BrClO3. The Bertz CT molecular complexity index is 488. The van der Waals surface area contributed by atoms with Crippen LogP contribution in [0, 0.1) is 5.92 Å². The molecule has 2 fully saturated rings. The van der Waals surface area contributed by atoms with Gasteiger partial charge in [0.05, 0.1) is 18.3 Å². The van der Waals surface area contributed by atoms with Gasteiger partial charge in [0.25, 0.3) is 0 Å². The van der Waals surface area contributed by atoms with Crippen molar-refractivity contribution in [1.82, 2.24) is 0 Å². The monoisotopic (exact) mass is 360 g/mol. The lowest BCUT2D eigenvalue weighted by Crippen LogP contribution is -2.41. The number of aliphatic hydroxyl groups is 1. The maximum Gasteiger partial charge on any atom is 0.0940 e. The first-order valence-corrected chi connectivity index (χ1v) is 8.11. The van der Waals surface area contributed by atoms with E-state index in [9.17, 15) is 5.11 Å². The quantitative estimate of drug-likeness (QED) is 0.872. The zero-order valence-electron chi connectivity index (χ0n) is 11.1. The van der Waals surface area contributed by atoms with Gasteiger partial charge in [0.2, 0.25) is 0 Å². The van der Waals surface area contributed by atoms with Crippen LogP contribution in [0.5, 0.6) is 0 Å². The molecule has 1 spiro atoms. The molecule has 3 nitrogen and oxygen atoms in total. The number of halogens is 2. The van der Waals surface area contributed by atoms with Gasteiger partial charge >= 0.3 is 0 Å². The summed E-state index contributed by atoms with van der Waals surface area (Å²) < 4.78 is 12.3. The molecule has 0 saturated carbocycles. The van der Waals surface area contributed by atoms with Crippen molar-refractivity contribution in [1.29, 1.82) is 0 Å². The SMILES string of the molecule is OC(c1ccc(Cl)cc1Br)C1CCOC2(CCOC2)C1. The highest BCUT2D eigenvalue weighted by Crippen LogP contribution is 2.42. The maximum absolute atomic E-state index is 10.7. The van der Waals surface area contributed by atoms with Crippen molar-refractivity contribution in [2.45, 2.75) is 31.0 Å². The van der Waals surface area contributed by atoms with Crippen LogP contribution in [0.3, 0.4) is 0 Å². The van der Waals surface area contributed by atoms with Crippen molar-refractivity contribution in [3.05, 3.63) is 33.3 Å². The predicted octanol–water partition coefficient (Wildman–Crippen LogP) is 3.72. The van der Waals surface area contributed by atoms with Gasteiger partial charge in [0, 0.05) is 29.1 Å². The smallest absolute Gasteiger partial charge is 0.0940 e. The highest BCUT2D eigenvalue weighted by molar-refractivity contribution is 9.10. The van der Waals surface area contributed by atoms with E-state index < -0.39 is 6.10 Å². The number of aliphatic hydroxyl groups excluding tert-OH is 1. The normalized spacial score (nSPS) is 31.6. The minimum atomic E-state index is -0.497. The van der Waals surface area contributed by atoms with E-state index in [2.05, 4.69) is 15.9 Å². The summed E-state index contributed by atoms with van der Waals surface area (Å²) in [7, 11) is 0. The van der Waals surface area contributed by atoms with E-state index in [0.29, 0.717) is 18.2 Å². The molecule has 0 radical (unpaired) electrons. The van der Waals surface area contributed by atoms with Crippen LogP contribution in [0.25, 0.3) is 0 Å². The molecule has 3 unspecified atom stereocenters. The third kappa shape index (κ3) is 2.90. The fraction of sp³-hybridized carbons (Fsp3) is 0.600. The fourth-order valence-corrected chi connectivity index (χ4v) is 4.11. The Balaban J connectivity index is 1.77. The summed E-state index contributed by atoms with van der Waals surface area (Å²) in [5, 5.41) is 11.4. The molecule has 2 heterocycles. The number of hydrogen-bond donors (Lipinski definition) is 1. The molecule has 1 aromatic rings. The number of benzene rings is 1. The molecule has 2 aliphatic rings. The van der Waals surface area contributed by atoms with Gasteiger partial charge in [-0.2, -0.15) is 0 Å². The van der Waals surface area contributed by atoms with Crippen molar-refractivity contribution < 1.29 is 14.6 Å². The first kappa shape index (κ1) is 14.8. The lowest BCUT2D eigenvalue weighted by Gasteiger charge is -2.39. The molecule has 2 aliphatic heterocycles. The van der Waals surface area contributed by atoms with E-state index in [4.69, 9.17) is 21.1 Å². The molecule has 1 N–H and O–H groups in total. The molecule has 110 valence electrons. The highest BCUT2D eigenvalue weighted by atomic mass is 79.9. The molecule has 2 saturated heterocycles. The first-order chi connectivity index (χ1) is 9.60. The topological polar surface area (TPSA) is 38.7 Å². The largest absolute Gasteiger partial charge is 0.388 e. The predicted molar refractivity (Wildman–Crippen MR) is 81.0 cm³/mol. The number of hydrogen-bond acceptors (Lipinski definition) is 3. The molecule has 0 aromatic heterocycles. The van der Waals surface area contributed by atoms with Crippen molar-refractivity contribution >= 4 is 27.5 Å². The van der Waals surface area contributed by atoms with Gasteiger partial charge in [-0.25, -0.2) is 0 Å². The van der Waals surface area contributed by atoms with Crippen molar-refractivity contribution in [2.24, 2.45) is 5.92 Å². The van der Waals surface area contributed by atoms with Gasteiger partial charge in [0.15, 0.2) is 0 Å². The van der Waals surface area contributed by atoms with E-state index >= 15 is 0 Å². The Kier molecular flexibility index (Phi) is 4.39. The van der Waals surface area contributed by atoms with Crippen LogP contribution in [0.2, 0.25) is 5.02 Å². The molecule has 0 bridgehead atoms. The summed E-state index contributed by atoms with van der Waals surface area (Å²) in [6.07, 6.45) is 2.15. The lowest BCUT2D eigenvalue weighted by molar-refractivity contribution is -0.117. The summed E-state index contributed by atoms with van der Waals surface area (Å²) in [6, 6.07) is 5.54. The second kappa shape index (κ2) is 5.93. The average molecular weight is 362 g/mol. The Morgan fingerprint density at radius 3 is 2.95 bits per heavy atom. The van der Waals surface area contributed by atoms with E-state index in [1.54, 1.807) is 0 Å². The molecule has 3 rings (SSSR count). The van der Waals surface area contributed by atoms with Gasteiger partial charge in [-0.3, -0.25) is 0 Å². The minimum absolute atomic E-state index is 0.178. The highest BCUT2D eigenvalue weighted by Gasteiger charge is 2.43. The third-order valence-corrected chi connectivity index (χ3v) is 5.25. The Hall–Kier alpha value is -0.130. The minimum Gasteiger partial charge on any atom is -0.388 e. The standard InChI is InChI=1S/C15H18BrClO3/c16-13-7-11(17)1-2-12(13)14(18)10-3-5-20-15(8-10)4-6-19-9-15/h1-2,7,10,14,18H,3-6,8-9H2. The van der Waals surface area contributed by atoms with Gasteiger partial charge < -0.3 is 14.6 Å². The van der Waals surface area contributed by atoms with Gasteiger partial charge in [-0.05, 0) is 36.5 Å². The third-order valence-electron chi connectivity index (χ3n) is 4.33. The number of rotatable bonds is 2. The van der Waals surface area contributed by atoms with E-state index in [1.165, 1.54) is 0 Å². The summed E-state index contributed by atoms with van der Waals surface area (Å²) in [4.78, 5) is 0. The Labute approximate surface area is 132 Å². The van der Waals surface area contributed by atoms with Crippen molar-refractivity contribution in [3.8, 4) is 0 Å². The summed E-state index contributed by atoms with van der Waals surface area (Å²) in [5.41, 5.74) is 0.721. The average Bonchev–Trinajstić information content (AvgIpc) is 2.86. The Morgan fingerprint density at radius 2 is 2.25 bits per heavy atom. The zero-order chi connectivity index (χ0) is 14.2. The first-order valence-electron chi connectivity index (χ1n) is 6.94. The van der Waals surface area contributed by atoms with Gasteiger partial charge in [0.1, 0.15) is 0 Å². The lowest BCUT2D eigenvalue weighted by atomic mass is 9.80. The number of ether oxygens (including phenoxy) is 2. The van der Waals surface area contributed by atoms with Crippen molar-refractivity contribution in [2.75, 3.05) is 19.8 Å². The maximum atomic E-state index is 10.7. The molecule has 20 heavy (non-hydrogen) atoms. The molecule has 0 amide bonds. The van der Waals surface area contributed by atoms with Crippen LogP contribution in [-0.4, -0.2) is 30.5 Å². The Morgan fingerprint density at radius 1 is 1.40 bits per heavy atom. The van der Waals surface area contributed by atoms with E-state index in [1.807, 2.05) is 18.2 Å². The molecule has 5 heteroatoms. The van der Waals surface area contributed by atoms with Crippen LogP contribution >= 0.6 is 27.5 Å². The van der Waals surface area contributed by atoms with Gasteiger partial charge in [-0.1, -0.05) is 33.6 Å². The van der Waals surface area contributed by atoms with Crippen LogP contribution in [0.1, 0.15) is 30.9 Å². The molecular weight excluding hydrogens is 344 g/mol. The fourth-order valence-electron chi connectivity index (χ4n) is 3.19. The van der Waals surface area contributed by atoms with E-state index in [-0.39, 0.29) is 11.5 Å². The van der Waals surface area contributed by atoms with Crippen molar-refractivity contribution in [3.63, 3.8) is 0 Å². The van der Waals surface area contributed by atoms with Crippen LogP contribution < -0.4 is 0 Å².